The minimum atomic E-state index is -0.0577. The molecule has 0 aromatic carbocycles. The second-order valence-electron chi connectivity index (χ2n) is 6.88. The first-order valence-corrected chi connectivity index (χ1v) is 8.04. The van der Waals surface area contributed by atoms with Crippen LogP contribution < -0.4 is 5.73 Å². The highest BCUT2D eigenvalue weighted by Crippen LogP contribution is 2.38. The second kappa shape index (κ2) is 4.60. The SMILES string of the molecule is CC1(C)CCCC(N)(Cc2cn3ccsc3n2)CC1. The van der Waals surface area contributed by atoms with Crippen molar-refractivity contribution in [2.24, 2.45) is 11.1 Å². The number of thiazole rings is 1. The summed E-state index contributed by atoms with van der Waals surface area (Å²) in [6.07, 6.45) is 11.1. The molecule has 1 aliphatic carbocycles. The fraction of sp³-hybridized carbons (Fsp3) is 0.667. The smallest absolute Gasteiger partial charge is 0.193 e. The maximum Gasteiger partial charge on any atom is 0.193 e. The van der Waals surface area contributed by atoms with E-state index in [1.54, 1.807) is 11.3 Å². The Kier molecular flexibility index (Phi) is 3.18. The van der Waals surface area contributed by atoms with Gasteiger partial charge in [0.15, 0.2) is 4.96 Å². The summed E-state index contributed by atoms with van der Waals surface area (Å²) in [4.78, 5) is 5.76. The lowest BCUT2D eigenvalue weighted by atomic mass is 9.82. The Labute approximate surface area is 118 Å². The highest BCUT2D eigenvalue weighted by molar-refractivity contribution is 7.15. The molecule has 0 amide bonds. The number of imidazole rings is 1. The van der Waals surface area contributed by atoms with Gasteiger partial charge in [0.25, 0.3) is 0 Å². The lowest BCUT2D eigenvalue weighted by Gasteiger charge is -2.28. The van der Waals surface area contributed by atoms with Crippen molar-refractivity contribution >= 4 is 16.3 Å². The quantitative estimate of drug-likeness (QED) is 0.852. The van der Waals surface area contributed by atoms with Gasteiger partial charge in [0.05, 0.1) is 5.69 Å². The summed E-state index contributed by atoms with van der Waals surface area (Å²) < 4.78 is 2.10. The zero-order valence-electron chi connectivity index (χ0n) is 11.9. The van der Waals surface area contributed by atoms with Crippen LogP contribution in [0.2, 0.25) is 0 Å². The molecule has 0 spiro atoms. The van der Waals surface area contributed by atoms with Gasteiger partial charge in [-0.15, -0.1) is 11.3 Å². The molecular weight excluding hydrogens is 254 g/mol. The minimum absolute atomic E-state index is 0.0577. The number of nitrogens with zero attached hydrogens (tertiary/aromatic N) is 2. The molecule has 3 nitrogen and oxygen atoms in total. The van der Waals surface area contributed by atoms with Gasteiger partial charge < -0.3 is 5.73 Å². The molecule has 104 valence electrons. The van der Waals surface area contributed by atoms with Crippen molar-refractivity contribution in [3.05, 3.63) is 23.5 Å². The van der Waals surface area contributed by atoms with Crippen LogP contribution in [-0.2, 0) is 6.42 Å². The van der Waals surface area contributed by atoms with Crippen LogP contribution in [0.1, 0.15) is 51.6 Å². The second-order valence-corrected chi connectivity index (χ2v) is 7.76. The lowest BCUT2D eigenvalue weighted by Crippen LogP contribution is -2.41. The summed E-state index contributed by atoms with van der Waals surface area (Å²) >= 11 is 1.68. The van der Waals surface area contributed by atoms with E-state index in [-0.39, 0.29) is 5.54 Å². The molecule has 3 rings (SSSR count). The third-order valence-corrected chi connectivity index (χ3v) is 5.27. The summed E-state index contributed by atoms with van der Waals surface area (Å²) in [6.45, 7) is 4.73. The number of fused-ring (bicyclic) bond motifs is 1. The van der Waals surface area contributed by atoms with Crippen molar-refractivity contribution in [1.82, 2.24) is 9.38 Å². The highest BCUT2D eigenvalue weighted by Gasteiger charge is 2.33. The van der Waals surface area contributed by atoms with Crippen molar-refractivity contribution < 1.29 is 0 Å². The van der Waals surface area contributed by atoms with Gasteiger partial charge in [-0.3, -0.25) is 4.40 Å². The molecule has 2 aromatic heterocycles. The van der Waals surface area contributed by atoms with E-state index in [1.807, 2.05) is 0 Å². The molecule has 4 heteroatoms. The molecule has 1 unspecified atom stereocenters. The first-order valence-electron chi connectivity index (χ1n) is 7.16. The van der Waals surface area contributed by atoms with E-state index >= 15 is 0 Å². The van der Waals surface area contributed by atoms with Crippen LogP contribution in [-0.4, -0.2) is 14.9 Å². The Morgan fingerprint density at radius 1 is 1.32 bits per heavy atom. The van der Waals surface area contributed by atoms with E-state index in [0.29, 0.717) is 5.41 Å². The van der Waals surface area contributed by atoms with Gasteiger partial charge in [-0.2, -0.15) is 0 Å². The van der Waals surface area contributed by atoms with Crippen LogP contribution in [0.25, 0.3) is 4.96 Å². The van der Waals surface area contributed by atoms with Gasteiger partial charge in [0.1, 0.15) is 0 Å². The number of rotatable bonds is 2. The Morgan fingerprint density at radius 2 is 2.16 bits per heavy atom. The molecule has 1 saturated carbocycles. The molecule has 0 bridgehead atoms. The van der Waals surface area contributed by atoms with Crippen LogP contribution in [0.3, 0.4) is 0 Å². The van der Waals surface area contributed by atoms with E-state index in [9.17, 15) is 0 Å². The van der Waals surface area contributed by atoms with Crippen molar-refractivity contribution in [1.29, 1.82) is 0 Å². The molecule has 0 radical (unpaired) electrons. The van der Waals surface area contributed by atoms with Crippen LogP contribution >= 0.6 is 11.3 Å². The molecular formula is C15H23N3S. The summed E-state index contributed by atoms with van der Waals surface area (Å²) in [5.41, 5.74) is 8.20. The number of nitrogens with two attached hydrogens (primary N) is 1. The first kappa shape index (κ1) is 13.1. The number of hydrogen-bond acceptors (Lipinski definition) is 3. The number of hydrogen-bond donors (Lipinski definition) is 1. The van der Waals surface area contributed by atoms with Gasteiger partial charge >= 0.3 is 0 Å². The maximum atomic E-state index is 6.66. The summed E-state index contributed by atoms with van der Waals surface area (Å²) in [6, 6.07) is 0. The molecule has 1 fully saturated rings. The Morgan fingerprint density at radius 3 is 2.95 bits per heavy atom. The third-order valence-electron chi connectivity index (χ3n) is 4.50. The first-order chi connectivity index (χ1) is 8.96. The standard InChI is InChI=1S/C15H23N3S/c1-14(2)4-3-5-15(16,7-6-14)10-12-11-18-8-9-19-13(18)17-12/h8-9,11H,3-7,10,16H2,1-2H3. The summed E-state index contributed by atoms with van der Waals surface area (Å²) in [5.74, 6) is 0. The van der Waals surface area contributed by atoms with E-state index in [1.165, 1.54) is 19.3 Å². The van der Waals surface area contributed by atoms with Crippen molar-refractivity contribution in [2.45, 2.75) is 57.9 Å². The van der Waals surface area contributed by atoms with Crippen LogP contribution in [0, 0.1) is 5.41 Å². The topological polar surface area (TPSA) is 43.3 Å². The molecule has 2 aromatic rings. The molecule has 2 heterocycles. The van der Waals surface area contributed by atoms with Gasteiger partial charge in [-0.25, -0.2) is 4.98 Å². The predicted octanol–water partition coefficient (Wildman–Crippen LogP) is 3.63. The largest absolute Gasteiger partial charge is 0.325 e. The number of aromatic nitrogens is 2. The van der Waals surface area contributed by atoms with E-state index < -0.39 is 0 Å². The zero-order chi connectivity index (χ0) is 13.5. The van der Waals surface area contributed by atoms with Crippen LogP contribution in [0.5, 0.6) is 0 Å². The van der Waals surface area contributed by atoms with E-state index in [4.69, 9.17) is 5.73 Å². The van der Waals surface area contributed by atoms with Crippen LogP contribution in [0.15, 0.2) is 17.8 Å². The van der Waals surface area contributed by atoms with Gasteiger partial charge in [-0.1, -0.05) is 20.3 Å². The third kappa shape index (κ3) is 2.84. The van der Waals surface area contributed by atoms with Crippen molar-refractivity contribution in [3.8, 4) is 0 Å². The molecule has 19 heavy (non-hydrogen) atoms. The van der Waals surface area contributed by atoms with Gasteiger partial charge in [0.2, 0.25) is 0 Å². The highest BCUT2D eigenvalue weighted by atomic mass is 32.1. The normalized spacial score (nSPS) is 27.5. The maximum absolute atomic E-state index is 6.66. The average molecular weight is 277 g/mol. The van der Waals surface area contributed by atoms with Gasteiger partial charge in [-0.05, 0) is 31.1 Å². The van der Waals surface area contributed by atoms with E-state index in [0.717, 1.165) is 29.9 Å². The summed E-state index contributed by atoms with van der Waals surface area (Å²) in [7, 11) is 0. The summed E-state index contributed by atoms with van der Waals surface area (Å²) in [5, 5.41) is 2.07. The molecule has 0 aliphatic heterocycles. The Bertz CT molecular complexity index is 540. The van der Waals surface area contributed by atoms with Crippen LogP contribution in [0.4, 0.5) is 0 Å². The van der Waals surface area contributed by atoms with E-state index in [2.05, 4.69) is 41.0 Å². The minimum Gasteiger partial charge on any atom is -0.325 e. The van der Waals surface area contributed by atoms with Gasteiger partial charge in [0, 0.05) is 29.7 Å². The Hall–Kier alpha value is -0.870. The zero-order valence-corrected chi connectivity index (χ0v) is 12.7. The Balaban J connectivity index is 1.75. The van der Waals surface area contributed by atoms with Crippen molar-refractivity contribution in [3.63, 3.8) is 0 Å². The molecule has 1 aliphatic rings. The van der Waals surface area contributed by atoms with Crippen molar-refractivity contribution in [2.75, 3.05) is 0 Å². The average Bonchev–Trinajstić information content (AvgIpc) is 2.83. The fourth-order valence-electron chi connectivity index (χ4n) is 3.16. The lowest BCUT2D eigenvalue weighted by molar-refractivity contribution is 0.296. The molecule has 1 atom stereocenters. The molecule has 0 saturated heterocycles. The fourth-order valence-corrected chi connectivity index (χ4v) is 3.87. The monoisotopic (exact) mass is 277 g/mol. The predicted molar refractivity (Wildman–Crippen MR) is 80.6 cm³/mol. The molecule has 2 N–H and O–H groups in total.